The molecule has 0 bridgehead atoms. The first kappa shape index (κ1) is 15.0. The van der Waals surface area contributed by atoms with Gasteiger partial charge in [-0.25, -0.2) is 0 Å². The molecule has 0 aromatic carbocycles. The lowest BCUT2D eigenvalue weighted by Gasteiger charge is -2.33. The van der Waals surface area contributed by atoms with E-state index in [4.69, 9.17) is 4.74 Å². The van der Waals surface area contributed by atoms with Crippen LogP contribution < -0.4 is 0 Å². The Morgan fingerprint density at radius 3 is 2.71 bits per heavy atom. The molecule has 1 amide bonds. The molecule has 21 heavy (non-hydrogen) atoms. The van der Waals surface area contributed by atoms with Crippen LogP contribution >= 0.6 is 0 Å². The SMILES string of the molecule is O=C(CN(C[C@H]1CCCO1)[C@H]1C=CCCC1)N1CCCC1. The summed E-state index contributed by atoms with van der Waals surface area (Å²) in [6, 6.07) is 0.425. The molecule has 0 N–H and O–H groups in total. The number of ether oxygens (including phenoxy) is 1. The van der Waals surface area contributed by atoms with Crippen LogP contribution in [0, 0.1) is 0 Å². The van der Waals surface area contributed by atoms with E-state index in [0.29, 0.717) is 24.6 Å². The van der Waals surface area contributed by atoms with Gasteiger partial charge in [0.2, 0.25) is 5.91 Å². The van der Waals surface area contributed by atoms with Gasteiger partial charge in [-0.1, -0.05) is 12.2 Å². The summed E-state index contributed by atoms with van der Waals surface area (Å²) in [5.74, 6) is 0.310. The zero-order valence-electron chi connectivity index (χ0n) is 13.0. The van der Waals surface area contributed by atoms with Crippen LogP contribution in [0.4, 0.5) is 0 Å². The van der Waals surface area contributed by atoms with E-state index in [1.807, 2.05) is 4.90 Å². The molecule has 118 valence electrons. The zero-order chi connectivity index (χ0) is 14.5. The number of likely N-dealkylation sites (tertiary alicyclic amines) is 1. The van der Waals surface area contributed by atoms with E-state index in [1.165, 1.54) is 38.5 Å². The fourth-order valence-corrected chi connectivity index (χ4v) is 3.71. The van der Waals surface area contributed by atoms with Crippen LogP contribution in [0.15, 0.2) is 12.2 Å². The quantitative estimate of drug-likeness (QED) is 0.728. The van der Waals surface area contributed by atoms with Crippen molar-refractivity contribution in [1.82, 2.24) is 9.80 Å². The summed E-state index contributed by atoms with van der Waals surface area (Å²) in [6.07, 6.45) is 13.1. The first-order valence-corrected chi connectivity index (χ1v) is 8.63. The maximum atomic E-state index is 12.5. The van der Waals surface area contributed by atoms with Crippen LogP contribution in [0.5, 0.6) is 0 Å². The normalized spacial score (nSPS) is 29.5. The van der Waals surface area contributed by atoms with Crippen molar-refractivity contribution in [2.45, 2.75) is 57.1 Å². The molecule has 2 heterocycles. The van der Waals surface area contributed by atoms with Gasteiger partial charge < -0.3 is 9.64 Å². The number of allylic oxidation sites excluding steroid dienone is 1. The highest BCUT2D eigenvalue weighted by molar-refractivity contribution is 5.78. The average molecular weight is 292 g/mol. The molecule has 0 radical (unpaired) electrons. The minimum Gasteiger partial charge on any atom is -0.377 e. The van der Waals surface area contributed by atoms with E-state index >= 15 is 0 Å². The van der Waals surface area contributed by atoms with Crippen molar-refractivity contribution in [1.29, 1.82) is 0 Å². The first-order valence-electron chi connectivity index (χ1n) is 8.63. The lowest BCUT2D eigenvalue weighted by molar-refractivity contribution is -0.132. The number of hydrogen-bond acceptors (Lipinski definition) is 3. The highest BCUT2D eigenvalue weighted by atomic mass is 16.5. The molecule has 0 spiro atoms. The summed E-state index contributed by atoms with van der Waals surface area (Å²) in [5, 5.41) is 0. The Kier molecular flexibility index (Phi) is 5.31. The van der Waals surface area contributed by atoms with E-state index in [9.17, 15) is 4.79 Å². The molecule has 2 atom stereocenters. The van der Waals surface area contributed by atoms with Crippen molar-refractivity contribution < 1.29 is 9.53 Å². The van der Waals surface area contributed by atoms with Gasteiger partial charge in [0.25, 0.3) is 0 Å². The summed E-state index contributed by atoms with van der Waals surface area (Å²) in [5.41, 5.74) is 0. The van der Waals surface area contributed by atoms with E-state index in [0.717, 1.165) is 32.7 Å². The Morgan fingerprint density at radius 1 is 1.19 bits per heavy atom. The second-order valence-corrected chi connectivity index (χ2v) is 6.58. The van der Waals surface area contributed by atoms with E-state index in [2.05, 4.69) is 17.1 Å². The molecule has 0 aromatic heterocycles. The molecule has 0 unspecified atom stereocenters. The molecule has 0 saturated carbocycles. The van der Waals surface area contributed by atoms with Gasteiger partial charge >= 0.3 is 0 Å². The molecule has 4 heteroatoms. The monoisotopic (exact) mass is 292 g/mol. The predicted molar refractivity (Wildman–Crippen MR) is 83.1 cm³/mol. The van der Waals surface area contributed by atoms with Crippen molar-refractivity contribution in [3.8, 4) is 0 Å². The number of nitrogens with zero attached hydrogens (tertiary/aromatic N) is 2. The molecule has 3 rings (SSSR count). The van der Waals surface area contributed by atoms with Gasteiger partial charge in [0.15, 0.2) is 0 Å². The van der Waals surface area contributed by atoms with Crippen molar-refractivity contribution in [2.24, 2.45) is 0 Å². The van der Waals surface area contributed by atoms with Crippen molar-refractivity contribution in [2.75, 3.05) is 32.8 Å². The highest BCUT2D eigenvalue weighted by Gasteiger charge is 2.28. The third-order valence-corrected chi connectivity index (χ3v) is 4.96. The predicted octanol–water partition coefficient (Wildman–Crippen LogP) is 2.20. The number of hydrogen-bond donors (Lipinski definition) is 0. The van der Waals surface area contributed by atoms with Crippen molar-refractivity contribution in [3.05, 3.63) is 12.2 Å². The summed E-state index contributed by atoms with van der Waals surface area (Å²) in [4.78, 5) is 16.9. The Bertz CT molecular complexity index is 371. The van der Waals surface area contributed by atoms with Gasteiger partial charge in [-0.3, -0.25) is 9.69 Å². The summed E-state index contributed by atoms with van der Waals surface area (Å²) in [6.45, 7) is 4.27. The minimum atomic E-state index is 0.310. The van der Waals surface area contributed by atoms with E-state index in [1.54, 1.807) is 0 Å². The lowest BCUT2D eigenvalue weighted by Crippen LogP contribution is -2.46. The van der Waals surface area contributed by atoms with Crippen molar-refractivity contribution >= 4 is 5.91 Å². The van der Waals surface area contributed by atoms with Gasteiger partial charge in [0.1, 0.15) is 0 Å². The Balaban J connectivity index is 1.60. The number of amides is 1. The number of rotatable bonds is 5. The fourth-order valence-electron chi connectivity index (χ4n) is 3.71. The van der Waals surface area contributed by atoms with Crippen LogP contribution in [-0.2, 0) is 9.53 Å². The van der Waals surface area contributed by atoms with E-state index in [-0.39, 0.29) is 0 Å². The van der Waals surface area contributed by atoms with Gasteiger partial charge in [0, 0.05) is 32.3 Å². The Labute approximate surface area is 128 Å². The van der Waals surface area contributed by atoms with Crippen LogP contribution in [0.3, 0.4) is 0 Å². The maximum Gasteiger partial charge on any atom is 0.236 e. The van der Waals surface area contributed by atoms with Crippen LogP contribution in [0.25, 0.3) is 0 Å². The minimum absolute atomic E-state index is 0.310. The van der Waals surface area contributed by atoms with Crippen LogP contribution in [0.2, 0.25) is 0 Å². The van der Waals surface area contributed by atoms with Crippen molar-refractivity contribution in [3.63, 3.8) is 0 Å². The second-order valence-electron chi connectivity index (χ2n) is 6.58. The standard InChI is InChI=1S/C17H28N2O2/c20-17(18-10-4-5-11-18)14-19(13-16-9-6-12-21-16)15-7-2-1-3-8-15/h2,7,15-16H,1,3-6,8-14H2/t15-,16+/m0/s1. The summed E-state index contributed by atoms with van der Waals surface area (Å²) < 4.78 is 5.79. The largest absolute Gasteiger partial charge is 0.377 e. The zero-order valence-corrected chi connectivity index (χ0v) is 13.0. The average Bonchev–Trinajstić information content (AvgIpc) is 3.21. The molecular formula is C17H28N2O2. The van der Waals surface area contributed by atoms with Gasteiger partial charge in [-0.05, 0) is 44.9 Å². The maximum absolute atomic E-state index is 12.5. The molecule has 4 nitrogen and oxygen atoms in total. The Hall–Kier alpha value is -0.870. The molecule has 3 aliphatic rings. The number of carbonyl (C=O) groups excluding carboxylic acids is 1. The van der Waals surface area contributed by atoms with Crippen LogP contribution in [-0.4, -0.2) is 60.6 Å². The third kappa shape index (κ3) is 4.07. The molecule has 0 aromatic rings. The lowest BCUT2D eigenvalue weighted by atomic mass is 10.0. The van der Waals surface area contributed by atoms with Gasteiger partial charge in [0.05, 0.1) is 12.6 Å². The fraction of sp³-hybridized carbons (Fsp3) is 0.824. The molecule has 2 saturated heterocycles. The van der Waals surface area contributed by atoms with Crippen LogP contribution in [0.1, 0.15) is 44.9 Å². The molecule has 2 fully saturated rings. The number of carbonyl (C=O) groups is 1. The third-order valence-electron chi connectivity index (χ3n) is 4.96. The summed E-state index contributed by atoms with van der Waals surface area (Å²) >= 11 is 0. The second kappa shape index (κ2) is 7.41. The first-order chi connectivity index (χ1) is 10.3. The molecular weight excluding hydrogens is 264 g/mol. The Morgan fingerprint density at radius 2 is 2.05 bits per heavy atom. The topological polar surface area (TPSA) is 32.8 Å². The molecule has 1 aliphatic carbocycles. The highest BCUT2D eigenvalue weighted by Crippen LogP contribution is 2.21. The van der Waals surface area contributed by atoms with E-state index < -0.39 is 0 Å². The smallest absolute Gasteiger partial charge is 0.236 e. The summed E-state index contributed by atoms with van der Waals surface area (Å²) in [7, 11) is 0. The molecule has 2 aliphatic heterocycles. The van der Waals surface area contributed by atoms with Gasteiger partial charge in [-0.2, -0.15) is 0 Å². The van der Waals surface area contributed by atoms with Gasteiger partial charge in [-0.15, -0.1) is 0 Å².